The van der Waals surface area contributed by atoms with Gasteiger partial charge in [0.1, 0.15) is 11.6 Å². The van der Waals surface area contributed by atoms with Crippen LogP contribution in [0.4, 0.5) is 4.79 Å². The number of fused-ring (bicyclic) bond motifs is 1. The molecule has 3 aliphatic heterocycles. The maximum absolute atomic E-state index is 13.2. The number of ether oxygens (including phenoxy) is 1. The smallest absolute Gasteiger partial charge is 0.410 e. The average molecular weight is 452 g/mol. The minimum atomic E-state index is -0.638. The van der Waals surface area contributed by atoms with Gasteiger partial charge in [0, 0.05) is 37.5 Å². The molecule has 174 valence electrons. The topological polar surface area (TPSA) is 96.0 Å². The monoisotopic (exact) mass is 451 g/mol. The number of hydrogen-bond acceptors (Lipinski definition) is 5. The molecule has 1 N–H and O–H groups in total. The van der Waals surface area contributed by atoms with E-state index < -0.39 is 17.6 Å². The lowest BCUT2D eigenvalue weighted by Gasteiger charge is -2.31. The van der Waals surface area contributed by atoms with E-state index in [-0.39, 0.29) is 30.2 Å². The van der Waals surface area contributed by atoms with Crippen LogP contribution in [0.5, 0.6) is 0 Å². The highest BCUT2D eigenvalue weighted by molar-refractivity contribution is 6.06. The van der Waals surface area contributed by atoms with Gasteiger partial charge in [-0.1, -0.05) is 24.0 Å². The van der Waals surface area contributed by atoms with Crippen molar-refractivity contribution < 1.29 is 23.9 Å². The molecule has 0 spiro atoms. The van der Waals surface area contributed by atoms with Crippen LogP contribution >= 0.6 is 0 Å². The van der Waals surface area contributed by atoms with Gasteiger partial charge in [0.05, 0.1) is 5.56 Å². The number of benzene rings is 1. The van der Waals surface area contributed by atoms with Crippen molar-refractivity contribution in [3.63, 3.8) is 0 Å². The second-order valence-corrected chi connectivity index (χ2v) is 9.75. The average Bonchev–Trinajstić information content (AvgIpc) is 3.08. The third kappa shape index (κ3) is 5.03. The van der Waals surface area contributed by atoms with Crippen molar-refractivity contribution in [1.82, 2.24) is 15.1 Å². The van der Waals surface area contributed by atoms with E-state index in [9.17, 15) is 19.2 Å². The van der Waals surface area contributed by atoms with Crippen molar-refractivity contribution in [2.75, 3.05) is 13.1 Å². The number of nitrogens with one attached hydrogen (secondary N) is 1. The molecule has 2 fully saturated rings. The summed E-state index contributed by atoms with van der Waals surface area (Å²) >= 11 is 0. The Hall–Kier alpha value is -3.34. The highest BCUT2D eigenvalue weighted by Gasteiger charge is 2.40. The fourth-order valence-electron chi connectivity index (χ4n) is 4.43. The Bertz CT molecular complexity index is 1050. The van der Waals surface area contributed by atoms with E-state index in [1.807, 2.05) is 39.0 Å². The molecule has 4 amide bonds. The van der Waals surface area contributed by atoms with Crippen molar-refractivity contribution >= 4 is 23.8 Å². The molecule has 4 rings (SSSR count). The van der Waals surface area contributed by atoms with E-state index >= 15 is 0 Å². The summed E-state index contributed by atoms with van der Waals surface area (Å²) in [6.07, 6.45) is 1.76. The minimum Gasteiger partial charge on any atom is -0.444 e. The molecule has 3 heterocycles. The Balaban J connectivity index is 1.42. The first kappa shape index (κ1) is 22.8. The van der Waals surface area contributed by atoms with Crippen LogP contribution in [0, 0.1) is 17.8 Å². The van der Waals surface area contributed by atoms with E-state index in [1.54, 1.807) is 4.90 Å². The number of rotatable bonds is 1. The fourth-order valence-corrected chi connectivity index (χ4v) is 4.43. The van der Waals surface area contributed by atoms with E-state index in [4.69, 9.17) is 4.74 Å². The SMILES string of the molecule is CC(C)(C)OC(=O)N1CCC(C#Cc2cccc3c2C(=O)N(C2CCC(=O)NC2=O)C3)CC1. The summed E-state index contributed by atoms with van der Waals surface area (Å²) in [4.78, 5) is 52.4. The Morgan fingerprint density at radius 3 is 2.52 bits per heavy atom. The lowest BCUT2D eigenvalue weighted by molar-refractivity contribution is -0.136. The normalized spacial score (nSPS) is 21.3. The Kier molecular flexibility index (Phi) is 6.15. The third-order valence-corrected chi connectivity index (χ3v) is 6.11. The van der Waals surface area contributed by atoms with Crippen LogP contribution in [0.2, 0.25) is 0 Å². The Morgan fingerprint density at radius 2 is 1.85 bits per heavy atom. The van der Waals surface area contributed by atoms with Crippen LogP contribution in [-0.2, 0) is 20.9 Å². The first-order valence-corrected chi connectivity index (χ1v) is 11.4. The summed E-state index contributed by atoms with van der Waals surface area (Å²) in [6, 6.07) is 4.94. The highest BCUT2D eigenvalue weighted by atomic mass is 16.6. The summed E-state index contributed by atoms with van der Waals surface area (Å²) in [5, 5.41) is 2.32. The molecule has 0 bridgehead atoms. The molecule has 0 aliphatic carbocycles. The molecule has 33 heavy (non-hydrogen) atoms. The lowest BCUT2D eigenvalue weighted by atomic mass is 9.96. The minimum absolute atomic E-state index is 0.127. The molecular formula is C25H29N3O5. The number of carbonyl (C=O) groups excluding carboxylic acids is 4. The van der Waals surface area contributed by atoms with Crippen molar-refractivity contribution in [3.05, 3.63) is 34.9 Å². The summed E-state index contributed by atoms with van der Waals surface area (Å²) in [5.74, 6) is 5.65. The first-order valence-electron chi connectivity index (χ1n) is 11.4. The van der Waals surface area contributed by atoms with Crippen molar-refractivity contribution in [3.8, 4) is 11.8 Å². The van der Waals surface area contributed by atoms with Gasteiger partial charge in [-0.3, -0.25) is 19.7 Å². The van der Waals surface area contributed by atoms with Crippen molar-refractivity contribution in [2.45, 2.75) is 64.6 Å². The second-order valence-electron chi connectivity index (χ2n) is 9.75. The molecule has 1 unspecified atom stereocenters. The molecule has 8 heteroatoms. The van der Waals surface area contributed by atoms with Gasteiger partial charge in [-0.15, -0.1) is 0 Å². The third-order valence-electron chi connectivity index (χ3n) is 6.11. The predicted octanol–water partition coefficient (Wildman–Crippen LogP) is 2.45. The molecule has 1 aromatic carbocycles. The zero-order chi connectivity index (χ0) is 23.8. The van der Waals surface area contributed by atoms with Crippen LogP contribution in [-0.4, -0.2) is 58.3 Å². The first-order chi connectivity index (χ1) is 15.6. The molecule has 0 radical (unpaired) electrons. The van der Waals surface area contributed by atoms with Gasteiger partial charge < -0.3 is 14.5 Å². The zero-order valence-electron chi connectivity index (χ0n) is 19.3. The van der Waals surface area contributed by atoms with Crippen LogP contribution in [0.3, 0.4) is 0 Å². The number of hydrogen-bond donors (Lipinski definition) is 1. The van der Waals surface area contributed by atoms with Gasteiger partial charge in [-0.2, -0.15) is 0 Å². The van der Waals surface area contributed by atoms with E-state index in [0.717, 1.165) is 18.4 Å². The van der Waals surface area contributed by atoms with E-state index in [1.165, 1.54) is 4.90 Å². The number of imide groups is 1. The van der Waals surface area contributed by atoms with Crippen molar-refractivity contribution in [1.29, 1.82) is 0 Å². The van der Waals surface area contributed by atoms with Crippen LogP contribution in [0.15, 0.2) is 18.2 Å². The second kappa shape index (κ2) is 8.89. The number of likely N-dealkylation sites (tertiary alicyclic amines) is 1. The molecule has 1 aromatic rings. The molecule has 0 saturated carbocycles. The van der Waals surface area contributed by atoms with Crippen molar-refractivity contribution in [2.24, 2.45) is 5.92 Å². The molecule has 0 aromatic heterocycles. The van der Waals surface area contributed by atoms with Gasteiger partial charge in [-0.05, 0) is 51.7 Å². The van der Waals surface area contributed by atoms with E-state index in [2.05, 4.69) is 17.2 Å². The zero-order valence-corrected chi connectivity index (χ0v) is 19.3. The summed E-state index contributed by atoms with van der Waals surface area (Å²) in [7, 11) is 0. The molecule has 2 saturated heterocycles. The van der Waals surface area contributed by atoms with Gasteiger partial charge in [0.15, 0.2) is 0 Å². The molecule has 1 atom stereocenters. The summed E-state index contributed by atoms with van der Waals surface area (Å²) in [5.41, 5.74) is 1.52. The quantitative estimate of drug-likeness (QED) is 0.523. The fraction of sp³-hybridized carbons (Fsp3) is 0.520. The Morgan fingerprint density at radius 1 is 1.12 bits per heavy atom. The van der Waals surface area contributed by atoms with E-state index in [0.29, 0.717) is 37.2 Å². The predicted molar refractivity (Wildman–Crippen MR) is 120 cm³/mol. The maximum Gasteiger partial charge on any atom is 0.410 e. The number of piperidine rings is 2. The lowest BCUT2D eigenvalue weighted by Crippen LogP contribution is -2.52. The Labute approximate surface area is 193 Å². The maximum atomic E-state index is 13.2. The largest absolute Gasteiger partial charge is 0.444 e. The number of nitrogens with zero attached hydrogens (tertiary/aromatic N) is 2. The number of carbonyl (C=O) groups is 4. The van der Waals surface area contributed by atoms with Gasteiger partial charge >= 0.3 is 6.09 Å². The molecule has 8 nitrogen and oxygen atoms in total. The molecular weight excluding hydrogens is 422 g/mol. The summed E-state index contributed by atoms with van der Waals surface area (Å²) < 4.78 is 5.44. The summed E-state index contributed by atoms with van der Waals surface area (Å²) in [6.45, 7) is 7.06. The number of amides is 4. The van der Waals surface area contributed by atoms with Gasteiger partial charge in [-0.25, -0.2) is 4.79 Å². The van der Waals surface area contributed by atoms with Crippen LogP contribution in [0.1, 0.15) is 67.9 Å². The molecule has 3 aliphatic rings. The van der Waals surface area contributed by atoms with Gasteiger partial charge in [0.25, 0.3) is 5.91 Å². The van der Waals surface area contributed by atoms with Crippen LogP contribution < -0.4 is 5.32 Å². The van der Waals surface area contributed by atoms with Crippen LogP contribution in [0.25, 0.3) is 0 Å². The standard InChI is InChI=1S/C25H29N3O5/c1-25(2,3)33-24(32)27-13-11-16(12-14-27)7-8-17-5-4-6-18-15-28(23(31)21(17)18)19-9-10-20(29)26-22(19)30/h4-6,16,19H,9-15H2,1-3H3,(H,26,29,30). The highest BCUT2D eigenvalue weighted by Crippen LogP contribution is 2.29. The van der Waals surface area contributed by atoms with Gasteiger partial charge in [0.2, 0.25) is 11.8 Å².